The van der Waals surface area contributed by atoms with Crippen molar-refractivity contribution in [1.29, 1.82) is 0 Å². The van der Waals surface area contributed by atoms with Crippen LogP contribution in [0.2, 0.25) is 0 Å². The van der Waals surface area contributed by atoms with Gasteiger partial charge in [-0.25, -0.2) is 0 Å². The Kier molecular flexibility index (Phi) is 5.79. The van der Waals surface area contributed by atoms with Crippen LogP contribution in [0.4, 0.5) is 0 Å². The molecule has 19 heavy (non-hydrogen) atoms. The van der Waals surface area contributed by atoms with Crippen molar-refractivity contribution in [3.8, 4) is 0 Å². The molecule has 0 aliphatic heterocycles. The molecule has 0 atom stereocenters. The average molecular weight is 270 g/mol. The van der Waals surface area contributed by atoms with Gasteiger partial charge in [0.15, 0.2) is 0 Å². The van der Waals surface area contributed by atoms with Crippen molar-refractivity contribution in [2.24, 2.45) is 0 Å². The standard InChI is InChI=1S/C14H26N2O3/c1-4-16(14(2,3)13(18)19)10-12(17)15-11-8-6-5-7-9-11/h11H,4-10H2,1-3H3,(H,15,17)(H,18,19). The zero-order chi connectivity index (χ0) is 14.5. The van der Waals surface area contributed by atoms with Crippen molar-refractivity contribution >= 4 is 11.9 Å². The number of likely N-dealkylation sites (N-methyl/N-ethyl adjacent to an activating group) is 1. The SMILES string of the molecule is CCN(CC(=O)NC1CCCCC1)C(C)(C)C(=O)O. The number of hydrogen-bond donors (Lipinski definition) is 2. The van der Waals surface area contributed by atoms with Gasteiger partial charge in [-0.3, -0.25) is 14.5 Å². The predicted molar refractivity (Wildman–Crippen MR) is 74.0 cm³/mol. The van der Waals surface area contributed by atoms with E-state index in [1.807, 2.05) is 6.92 Å². The van der Waals surface area contributed by atoms with Gasteiger partial charge in [0.25, 0.3) is 0 Å². The molecule has 1 fully saturated rings. The molecular weight excluding hydrogens is 244 g/mol. The van der Waals surface area contributed by atoms with Crippen LogP contribution in [0, 0.1) is 0 Å². The van der Waals surface area contributed by atoms with Crippen LogP contribution < -0.4 is 5.32 Å². The van der Waals surface area contributed by atoms with E-state index < -0.39 is 11.5 Å². The number of carboxylic acid groups (broad SMARTS) is 1. The highest BCUT2D eigenvalue weighted by atomic mass is 16.4. The molecule has 1 aliphatic rings. The number of carbonyl (C=O) groups is 2. The van der Waals surface area contributed by atoms with Gasteiger partial charge in [-0.2, -0.15) is 0 Å². The summed E-state index contributed by atoms with van der Waals surface area (Å²) in [5, 5.41) is 12.2. The molecule has 0 aromatic rings. The van der Waals surface area contributed by atoms with Crippen molar-refractivity contribution in [2.45, 2.75) is 64.5 Å². The fourth-order valence-corrected chi connectivity index (χ4v) is 2.53. The summed E-state index contributed by atoms with van der Waals surface area (Å²) in [6.45, 7) is 5.82. The number of carboxylic acids is 1. The van der Waals surface area contributed by atoms with Crippen LogP contribution in [0.5, 0.6) is 0 Å². The quantitative estimate of drug-likeness (QED) is 0.769. The summed E-state index contributed by atoms with van der Waals surface area (Å²) in [6, 6.07) is 0.271. The fraction of sp³-hybridized carbons (Fsp3) is 0.857. The minimum absolute atomic E-state index is 0.0666. The zero-order valence-corrected chi connectivity index (χ0v) is 12.2. The number of carbonyl (C=O) groups excluding carboxylic acids is 1. The van der Waals surface area contributed by atoms with Crippen LogP contribution in [0.1, 0.15) is 52.9 Å². The smallest absolute Gasteiger partial charge is 0.323 e. The van der Waals surface area contributed by atoms with Crippen molar-refractivity contribution < 1.29 is 14.7 Å². The minimum Gasteiger partial charge on any atom is -0.480 e. The highest BCUT2D eigenvalue weighted by molar-refractivity contribution is 5.81. The lowest BCUT2D eigenvalue weighted by atomic mass is 9.95. The Morgan fingerprint density at radius 3 is 2.32 bits per heavy atom. The minimum atomic E-state index is -1.02. The third-order valence-corrected chi connectivity index (χ3v) is 4.00. The van der Waals surface area contributed by atoms with E-state index in [1.165, 1.54) is 19.3 Å². The van der Waals surface area contributed by atoms with Crippen LogP contribution in [0.25, 0.3) is 0 Å². The van der Waals surface area contributed by atoms with Crippen LogP contribution in [0.15, 0.2) is 0 Å². The largest absolute Gasteiger partial charge is 0.480 e. The van der Waals surface area contributed by atoms with Crippen LogP contribution >= 0.6 is 0 Å². The third kappa shape index (κ3) is 4.49. The molecule has 110 valence electrons. The first-order valence-corrected chi connectivity index (χ1v) is 7.15. The maximum absolute atomic E-state index is 12.0. The second kappa shape index (κ2) is 6.89. The molecule has 5 nitrogen and oxygen atoms in total. The second-order valence-electron chi connectivity index (χ2n) is 5.78. The van der Waals surface area contributed by atoms with E-state index in [1.54, 1.807) is 18.7 Å². The Labute approximate surface area is 115 Å². The Balaban J connectivity index is 2.50. The van der Waals surface area contributed by atoms with Crippen molar-refractivity contribution in [3.63, 3.8) is 0 Å². The molecule has 0 aromatic carbocycles. The van der Waals surface area contributed by atoms with Gasteiger partial charge in [0.2, 0.25) is 5.91 Å². The van der Waals surface area contributed by atoms with E-state index in [2.05, 4.69) is 5.32 Å². The molecule has 0 aromatic heterocycles. The van der Waals surface area contributed by atoms with Crippen LogP contribution in [-0.4, -0.2) is 46.6 Å². The second-order valence-corrected chi connectivity index (χ2v) is 5.78. The lowest BCUT2D eigenvalue weighted by Crippen LogP contribution is -2.54. The lowest BCUT2D eigenvalue weighted by Gasteiger charge is -2.34. The molecule has 5 heteroatoms. The normalized spacial score (nSPS) is 17.5. The van der Waals surface area contributed by atoms with E-state index >= 15 is 0 Å². The number of rotatable bonds is 6. The lowest BCUT2D eigenvalue weighted by molar-refractivity contribution is -0.150. The first kappa shape index (κ1) is 16.0. The summed E-state index contributed by atoms with van der Waals surface area (Å²) in [5.74, 6) is -0.970. The zero-order valence-electron chi connectivity index (χ0n) is 12.2. The van der Waals surface area contributed by atoms with E-state index in [0.29, 0.717) is 6.54 Å². The molecule has 1 saturated carbocycles. The van der Waals surface area contributed by atoms with Gasteiger partial charge in [0.05, 0.1) is 6.54 Å². The molecule has 0 radical (unpaired) electrons. The van der Waals surface area contributed by atoms with Gasteiger partial charge < -0.3 is 10.4 Å². The maximum Gasteiger partial charge on any atom is 0.323 e. The van der Waals surface area contributed by atoms with Gasteiger partial charge in [-0.1, -0.05) is 26.2 Å². The van der Waals surface area contributed by atoms with Gasteiger partial charge in [-0.05, 0) is 33.2 Å². The molecule has 0 saturated heterocycles. The third-order valence-electron chi connectivity index (χ3n) is 4.00. The molecule has 1 amide bonds. The monoisotopic (exact) mass is 270 g/mol. The van der Waals surface area contributed by atoms with Crippen LogP contribution in [0.3, 0.4) is 0 Å². The van der Waals surface area contributed by atoms with E-state index in [-0.39, 0.29) is 18.5 Å². The summed E-state index contributed by atoms with van der Waals surface area (Å²) in [7, 11) is 0. The summed E-state index contributed by atoms with van der Waals surface area (Å²) >= 11 is 0. The summed E-state index contributed by atoms with van der Waals surface area (Å²) < 4.78 is 0. The maximum atomic E-state index is 12.0. The van der Waals surface area contributed by atoms with Gasteiger partial charge in [-0.15, -0.1) is 0 Å². The van der Waals surface area contributed by atoms with Crippen LogP contribution in [-0.2, 0) is 9.59 Å². The Morgan fingerprint density at radius 2 is 1.84 bits per heavy atom. The molecule has 0 bridgehead atoms. The molecule has 2 N–H and O–H groups in total. The van der Waals surface area contributed by atoms with Crippen molar-refractivity contribution in [3.05, 3.63) is 0 Å². The van der Waals surface area contributed by atoms with Gasteiger partial charge in [0, 0.05) is 6.04 Å². The summed E-state index contributed by atoms with van der Waals surface area (Å²) in [6.07, 6.45) is 5.67. The van der Waals surface area contributed by atoms with Crippen molar-refractivity contribution in [2.75, 3.05) is 13.1 Å². The number of aliphatic carboxylic acids is 1. The van der Waals surface area contributed by atoms with Crippen molar-refractivity contribution in [1.82, 2.24) is 10.2 Å². The number of nitrogens with zero attached hydrogens (tertiary/aromatic N) is 1. The Bertz CT molecular complexity index is 323. The van der Waals surface area contributed by atoms with E-state index in [4.69, 9.17) is 0 Å². The van der Waals surface area contributed by atoms with Gasteiger partial charge >= 0.3 is 5.97 Å². The summed E-state index contributed by atoms with van der Waals surface area (Å²) in [5.41, 5.74) is -1.02. The molecule has 0 heterocycles. The molecular formula is C14H26N2O3. The highest BCUT2D eigenvalue weighted by Crippen LogP contribution is 2.18. The van der Waals surface area contributed by atoms with E-state index in [9.17, 15) is 14.7 Å². The van der Waals surface area contributed by atoms with Gasteiger partial charge in [0.1, 0.15) is 5.54 Å². The van der Waals surface area contributed by atoms with E-state index in [0.717, 1.165) is 12.8 Å². The molecule has 0 spiro atoms. The molecule has 1 rings (SSSR count). The Hall–Kier alpha value is -1.10. The molecule has 1 aliphatic carbocycles. The topological polar surface area (TPSA) is 69.6 Å². The predicted octanol–water partition coefficient (Wildman–Crippen LogP) is 1.62. The highest BCUT2D eigenvalue weighted by Gasteiger charge is 2.34. The molecule has 0 unspecified atom stereocenters. The number of nitrogens with one attached hydrogen (secondary N) is 1. The Morgan fingerprint density at radius 1 is 1.26 bits per heavy atom. The summed E-state index contributed by atoms with van der Waals surface area (Å²) in [4.78, 5) is 24.9. The number of amides is 1. The fourth-order valence-electron chi connectivity index (χ4n) is 2.53. The number of hydrogen-bond acceptors (Lipinski definition) is 3. The average Bonchev–Trinajstić information content (AvgIpc) is 2.36. The first-order chi connectivity index (χ1) is 8.87. The first-order valence-electron chi connectivity index (χ1n) is 7.15.